The van der Waals surface area contributed by atoms with Gasteiger partial charge in [0.25, 0.3) is 0 Å². The van der Waals surface area contributed by atoms with Crippen molar-refractivity contribution in [2.24, 2.45) is 0 Å². The lowest BCUT2D eigenvalue weighted by Gasteiger charge is -2.49. The van der Waals surface area contributed by atoms with Gasteiger partial charge >= 0.3 is 0 Å². The average Bonchev–Trinajstić information content (AvgIpc) is 2.88. The van der Waals surface area contributed by atoms with Gasteiger partial charge in [-0.2, -0.15) is 0 Å². The van der Waals surface area contributed by atoms with E-state index in [2.05, 4.69) is 55.4 Å². The molecule has 1 fully saturated rings. The quantitative estimate of drug-likeness (QED) is 0.342. The van der Waals surface area contributed by atoms with Crippen LogP contribution in [0.15, 0.2) is 0 Å². The van der Waals surface area contributed by atoms with E-state index in [9.17, 15) is 0 Å². The van der Waals surface area contributed by atoms with Crippen LogP contribution in [0.2, 0.25) is 0 Å². The molecule has 0 saturated carbocycles. The molecule has 0 aromatic heterocycles. The Balaban J connectivity index is 3.05. The van der Waals surface area contributed by atoms with Crippen molar-refractivity contribution in [2.45, 2.75) is 142 Å². The highest BCUT2D eigenvalue weighted by Gasteiger charge is 2.51. The van der Waals surface area contributed by atoms with Gasteiger partial charge in [0.15, 0.2) is 0 Å². The fraction of sp³-hybridized carbons (Fsp3) is 1.00. The lowest BCUT2D eigenvalue weighted by molar-refractivity contribution is -0.402. The second-order valence-corrected chi connectivity index (χ2v) is 9.58. The second-order valence-electron chi connectivity index (χ2n) is 9.58. The van der Waals surface area contributed by atoms with Gasteiger partial charge in [0, 0.05) is 6.61 Å². The van der Waals surface area contributed by atoms with Crippen LogP contribution in [0.25, 0.3) is 0 Å². The van der Waals surface area contributed by atoms with Gasteiger partial charge in [0.1, 0.15) is 5.60 Å². The summed E-state index contributed by atoms with van der Waals surface area (Å²) in [5.74, 6) is 0. The van der Waals surface area contributed by atoms with Crippen LogP contribution < -0.4 is 0 Å². The maximum Gasteiger partial charge on any atom is 0.132 e. The largest absolute Gasteiger partial charge is 0.377 e. The maximum atomic E-state index is 6.64. The topological polar surface area (TPSA) is 55.4 Å². The molecule has 1 rings (SSSR count). The second kappa shape index (κ2) is 15.8. The van der Waals surface area contributed by atoms with Crippen molar-refractivity contribution in [3.63, 3.8) is 0 Å². The maximum absolute atomic E-state index is 6.64. The molecule has 0 spiro atoms. The Labute approximate surface area is 210 Å². The van der Waals surface area contributed by atoms with Crippen molar-refractivity contribution < 1.29 is 28.7 Å². The molecule has 204 valence electrons. The Kier molecular flexibility index (Phi) is 14.8. The Morgan fingerprint density at radius 2 is 0.765 bits per heavy atom. The van der Waals surface area contributed by atoms with Gasteiger partial charge in [-0.05, 0) is 64.2 Å². The van der Waals surface area contributed by atoms with Crippen molar-refractivity contribution in [1.29, 1.82) is 0 Å². The molecule has 0 N–H and O–H groups in total. The molecule has 34 heavy (non-hydrogen) atoms. The Morgan fingerprint density at radius 1 is 0.412 bits per heavy atom. The molecule has 0 aromatic rings. The van der Waals surface area contributed by atoms with Crippen molar-refractivity contribution >= 4 is 0 Å². The molecule has 0 amide bonds. The Bertz CT molecular complexity index is 417. The predicted octanol–water partition coefficient (Wildman–Crippen LogP) is 7.03. The van der Waals surface area contributed by atoms with Gasteiger partial charge in [-0.25, -0.2) is 9.78 Å². The van der Waals surface area contributed by atoms with Crippen LogP contribution in [0.4, 0.5) is 0 Å². The first-order valence-electron chi connectivity index (χ1n) is 14.2. The van der Waals surface area contributed by atoms with E-state index >= 15 is 0 Å². The van der Waals surface area contributed by atoms with E-state index in [1.54, 1.807) is 0 Å². The summed E-state index contributed by atoms with van der Waals surface area (Å²) in [6.45, 7) is 20.9. The Morgan fingerprint density at radius 3 is 1.18 bits per heavy atom. The first-order chi connectivity index (χ1) is 16.4. The zero-order valence-electron chi connectivity index (χ0n) is 23.8. The number of ether oxygens (including phenoxy) is 4. The monoisotopic (exact) mass is 488 g/mol. The third kappa shape index (κ3) is 6.95. The minimum absolute atomic E-state index is 0.302. The molecule has 6 nitrogen and oxygen atoms in total. The molecule has 0 bridgehead atoms. The van der Waals surface area contributed by atoms with Crippen LogP contribution in [0, 0.1) is 0 Å². The van der Waals surface area contributed by atoms with Crippen LogP contribution in [0.1, 0.15) is 120 Å². The van der Waals surface area contributed by atoms with E-state index in [-0.39, 0.29) is 11.2 Å². The van der Waals surface area contributed by atoms with E-state index in [0.717, 1.165) is 64.2 Å². The summed E-state index contributed by atoms with van der Waals surface area (Å²) >= 11 is 0. The fourth-order valence-electron chi connectivity index (χ4n) is 6.16. The third-order valence-electron chi connectivity index (χ3n) is 8.66. The molecule has 0 aliphatic carbocycles. The standard InChI is InChI=1S/C28H56O6/c1-9-25(10-2)26(11-3,12-4)31-23-21-29-22-24-32-27(13-5,14-6)28(15-7,16-8)34-33-20-18-17-19-30-25/h9-24H2,1-8H3. The molecule has 0 atom stereocenters. The van der Waals surface area contributed by atoms with E-state index in [0.29, 0.717) is 39.6 Å². The van der Waals surface area contributed by atoms with Crippen molar-refractivity contribution in [2.75, 3.05) is 39.6 Å². The fourth-order valence-corrected chi connectivity index (χ4v) is 6.16. The highest BCUT2D eigenvalue weighted by Crippen LogP contribution is 2.43. The van der Waals surface area contributed by atoms with Crippen LogP contribution in [-0.4, -0.2) is 62.0 Å². The van der Waals surface area contributed by atoms with E-state index in [4.69, 9.17) is 28.7 Å². The van der Waals surface area contributed by atoms with Crippen LogP contribution >= 0.6 is 0 Å². The molecule has 1 aliphatic rings. The molecule has 0 aromatic carbocycles. The summed E-state index contributed by atoms with van der Waals surface area (Å²) in [4.78, 5) is 12.0. The van der Waals surface area contributed by atoms with Crippen molar-refractivity contribution in [3.05, 3.63) is 0 Å². The summed E-state index contributed by atoms with van der Waals surface area (Å²) in [5.41, 5.74) is -1.51. The summed E-state index contributed by atoms with van der Waals surface area (Å²) in [6.07, 6.45) is 8.85. The minimum Gasteiger partial charge on any atom is -0.377 e. The Hall–Kier alpha value is -0.240. The predicted molar refractivity (Wildman–Crippen MR) is 138 cm³/mol. The first-order valence-corrected chi connectivity index (χ1v) is 14.2. The molecular weight excluding hydrogens is 432 g/mol. The number of hydrogen-bond acceptors (Lipinski definition) is 6. The lowest BCUT2D eigenvalue weighted by atomic mass is 9.74. The summed E-state index contributed by atoms with van der Waals surface area (Å²) in [7, 11) is 0. The highest BCUT2D eigenvalue weighted by atomic mass is 17.2. The van der Waals surface area contributed by atoms with E-state index in [1.807, 2.05) is 0 Å². The molecule has 0 radical (unpaired) electrons. The number of rotatable bonds is 8. The van der Waals surface area contributed by atoms with Gasteiger partial charge in [-0.15, -0.1) is 0 Å². The molecule has 0 unspecified atom stereocenters. The highest BCUT2D eigenvalue weighted by molar-refractivity contribution is 5.01. The van der Waals surface area contributed by atoms with Gasteiger partial charge < -0.3 is 18.9 Å². The SMILES string of the molecule is CCC1(CC)OCCCCOOC(CC)(CC)C(CC)(CC)OCCOCCOC1(CC)CC. The van der Waals surface area contributed by atoms with Crippen LogP contribution in [0.5, 0.6) is 0 Å². The van der Waals surface area contributed by atoms with Crippen molar-refractivity contribution in [3.8, 4) is 0 Å². The zero-order valence-corrected chi connectivity index (χ0v) is 23.8. The average molecular weight is 489 g/mol. The molecule has 1 heterocycles. The smallest absolute Gasteiger partial charge is 0.132 e. The summed E-state index contributed by atoms with van der Waals surface area (Å²) < 4.78 is 25.7. The molecular formula is C28H56O6. The summed E-state index contributed by atoms with van der Waals surface area (Å²) in [6, 6.07) is 0. The zero-order chi connectivity index (χ0) is 25.6. The number of hydrogen-bond donors (Lipinski definition) is 0. The summed E-state index contributed by atoms with van der Waals surface area (Å²) in [5, 5.41) is 0. The molecule has 1 aliphatic heterocycles. The normalized spacial score (nSPS) is 24.7. The van der Waals surface area contributed by atoms with Gasteiger partial charge in [0.2, 0.25) is 0 Å². The molecule has 1 saturated heterocycles. The van der Waals surface area contributed by atoms with Gasteiger partial charge in [-0.1, -0.05) is 55.4 Å². The van der Waals surface area contributed by atoms with Crippen LogP contribution in [0.3, 0.4) is 0 Å². The molecule has 6 heteroatoms. The minimum atomic E-state index is -0.483. The third-order valence-corrected chi connectivity index (χ3v) is 8.66. The van der Waals surface area contributed by atoms with E-state index in [1.165, 1.54) is 0 Å². The lowest BCUT2D eigenvalue weighted by Crippen LogP contribution is -2.57. The van der Waals surface area contributed by atoms with Gasteiger partial charge in [-0.3, -0.25) is 0 Å². The van der Waals surface area contributed by atoms with Crippen molar-refractivity contribution in [1.82, 2.24) is 0 Å². The van der Waals surface area contributed by atoms with Crippen LogP contribution in [-0.2, 0) is 28.7 Å². The van der Waals surface area contributed by atoms with Gasteiger partial charge in [0.05, 0.1) is 49.8 Å². The van der Waals surface area contributed by atoms with E-state index < -0.39 is 11.2 Å². The first kappa shape index (κ1) is 31.8.